The van der Waals surface area contributed by atoms with Crippen LogP contribution in [0.5, 0.6) is 11.5 Å². The number of rotatable bonds is 12. The van der Waals surface area contributed by atoms with E-state index in [1.165, 1.54) is 18.4 Å². The summed E-state index contributed by atoms with van der Waals surface area (Å²) < 4.78 is 11.1. The number of hydrogen-bond donors (Lipinski definition) is 1. The Labute approximate surface area is 235 Å². The smallest absolute Gasteiger partial charge is 0.261 e. The maximum absolute atomic E-state index is 13.7. The lowest BCUT2D eigenvalue weighted by Crippen LogP contribution is -2.45. The van der Waals surface area contributed by atoms with Gasteiger partial charge in [0.15, 0.2) is 6.61 Å². The van der Waals surface area contributed by atoms with E-state index in [2.05, 4.69) is 11.4 Å². The number of methoxy groups -OCH3 is 1. The monoisotopic (exact) mass is 546 g/mol. The average Bonchev–Trinajstić information content (AvgIpc) is 2.98. The molecule has 1 atom stereocenters. The molecule has 1 N–H and O–H groups in total. The standard InChI is InChI=1S/C32H35ClN2O4/c1-38-27-18-16-25(17-19-27)22-35(30(36)23-39-29-15-9-8-14-28(29)33)31(26-12-6-3-7-13-26)32(37)34-21-20-24-10-4-2-5-11-24/h3,6-10,12-19,31H,2,4-5,11,20-23H2,1H3,(H,34,37). The molecule has 0 heterocycles. The molecular weight excluding hydrogens is 512 g/mol. The highest BCUT2D eigenvalue weighted by molar-refractivity contribution is 6.32. The quantitative estimate of drug-likeness (QED) is 0.263. The molecule has 1 aliphatic rings. The highest BCUT2D eigenvalue weighted by Gasteiger charge is 2.32. The molecule has 0 saturated heterocycles. The Morgan fingerprint density at radius 1 is 0.974 bits per heavy atom. The molecule has 0 aliphatic heterocycles. The second-order valence-corrected chi connectivity index (χ2v) is 9.96. The Morgan fingerprint density at radius 3 is 2.41 bits per heavy atom. The van der Waals surface area contributed by atoms with Crippen LogP contribution in [0.25, 0.3) is 0 Å². The van der Waals surface area contributed by atoms with Gasteiger partial charge in [-0.25, -0.2) is 0 Å². The highest BCUT2D eigenvalue weighted by atomic mass is 35.5. The van der Waals surface area contributed by atoms with Gasteiger partial charge in [0.05, 0.1) is 12.1 Å². The minimum Gasteiger partial charge on any atom is -0.497 e. The van der Waals surface area contributed by atoms with E-state index in [0.29, 0.717) is 23.1 Å². The fourth-order valence-electron chi connectivity index (χ4n) is 4.72. The predicted octanol–water partition coefficient (Wildman–Crippen LogP) is 6.50. The Morgan fingerprint density at radius 2 is 1.72 bits per heavy atom. The van der Waals surface area contributed by atoms with Gasteiger partial charge in [-0.1, -0.05) is 77.8 Å². The molecule has 39 heavy (non-hydrogen) atoms. The van der Waals surface area contributed by atoms with E-state index in [9.17, 15) is 9.59 Å². The molecule has 1 unspecified atom stereocenters. The van der Waals surface area contributed by atoms with Gasteiger partial charge >= 0.3 is 0 Å². The molecule has 0 radical (unpaired) electrons. The summed E-state index contributed by atoms with van der Waals surface area (Å²) in [6.07, 6.45) is 7.71. The van der Waals surface area contributed by atoms with E-state index >= 15 is 0 Å². The molecular formula is C32H35ClN2O4. The van der Waals surface area contributed by atoms with Gasteiger partial charge in [0.1, 0.15) is 17.5 Å². The molecule has 1 aliphatic carbocycles. The van der Waals surface area contributed by atoms with Crippen molar-refractivity contribution in [2.45, 2.75) is 44.7 Å². The summed E-state index contributed by atoms with van der Waals surface area (Å²) in [5, 5.41) is 3.51. The van der Waals surface area contributed by atoms with Crippen LogP contribution < -0.4 is 14.8 Å². The van der Waals surface area contributed by atoms with E-state index in [1.807, 2.05) is 54.6 Å². The van der Waals surface area contributed by atoms with Crippen molar-refractivity contribution in [3.05, 3.63) is 107 Å². The SMILES string of the molecule is COc1ccc(CN(C(=O)COc2ccccc2Cl)C(C(=O)NCCC2=CCCCC2)c2ccccc2)cc1. The van der Waals surface area contributed by atoms with Crippen molar-refractivity contribution in [3.63, 3.8) is 0 Å². The molecule has 0 saturated carbocycles. The summed E-state index contributed by atoms with van der Waals surface area (Å²) in [5.74, 6) is 0.577. The number of allylic oxidation sites excluding steroid dienone is 1. The topological polar surface area (TPSA) is 67.9 Å². The first kappa shape index (κ1) is 28.2. The summed E-state index contributed by atoms with van der Waals surface area (Å²) in [5.41, 5.74) is 2.98. The number of halogens is 1. The summed E-state index contributed by atoms with van der Waals surface area (Å²) >= 11 is 6.25. The average molecular weight is 547 g/mol. The molecule has 0 aromatic heterocycles. The molecule has 7 heteroatoms. The van der Waals surface area contributed by atoms with Crippen LogP contribution in [-0.4, -0.2) is 37.0 Å². The largest absolute Gasteiger partial charge is 0.497 e. The summed E-state index contributed by atoms with van der Waals surface area (Å²) in [7, 11) is 1.61. The lowest BCUT2D eigenvalue weighted by atomic mass is 9.97. The van der Waals surface area contributed by atoms with Crippen LogP contribution in [-0.2, 0) is 16.1 Å². The van der Waals surface area contributed by atoms with Gasteiger partial charge in [-0.15, -0.1) is 0 Å². The van der Waals surface area contributed by atoms with Gasteiger partial charge in [0, 0.05) is 13.1 Å². The third-order valence-corrected chi connectivity index (χ3v) is 7.14. The molecule has 6 nitrogen and oxygen atoms in total. The molecule has 204 valence electrons. The van der Waals surface area contributed by atoms with Crippen LogP contribution in [0.1, 0.15) is 49.3 Å². The zero-order valence-electron chi connectivity index (χ0n) is 22.3. The summed E-state index contributed by atoms with van der Waals surface area (Å²) in [6.45, 7) is 0.477. The second-order valence-electron chi connectivity index (χ2n) is 9.55. The molecule has 4 rings (SSSR count). The van der Waals surface area contributed by atoms with Crippen molar-refractivity contribution in [1.82, 2.24) is 10.2 Å². The molecule has 3 aromatic rings. The number of nitrogens with zero attached hydrogens (tertiary/aromatic N) is 1. The van der Waals surface area contributed by atoms with Crippen molar-refractivity contribution in [2.24, 2.45) is 0 Å². The third-order valence-electron chi connectivity index (χ3n) is 6.83. The Balaban J connectivity index is 1.58. The molecule has 0 bridgehead atoms. The minimum atomic E-state index is -0.837. The van der Waals surface area contributed by atoms with Gasteiger partial charge in [0.25, 0.3) is 5.91 Å². The number of para-hydroxylation sites is 1. The number of carbonyl (C=O) groups is 2. The maximum Gasteiger partial charge on any atom is 0.261 e. The maximum atomic E-state index is 13.7. The normalized spacial score (nSPS) is 13.6. The minimum absolute atomic E-state index is 0.215. The van der Waals surface area contributed by atoms with Crippen LogP contribution in [0.2, 0.25) is 5.02 Å². The van der Waals surface area contributed by atoms with E-state index in [-0.39, 0.29) is 25.0 Å². The number of benzene rings is 3. The Hall–Kier alpha value is -3.77. The van der Waals surface area contributed by atoms with E-state index < -0.39 is 6.04 Å². The number of nitrogens with one attached hydrogen (secondary N) is 1. The van der Waals surface area contributed by atoms with Crippen LogP contribution in [0.15, 0.2) is 90.5 Å². The Kier molecular flexibility index (Phi) is 10.4. The highest BCUT2D eigenvalue weighted by Crippen LogP contribution is 2.27. The van der Waals surface area contributed by atoms with E-state index in [1.54, 1.807) is 36.3 Å². The number of ether oxygens (including phenoxy) is 2. The van der Waals surface area contributed by atoms with Crippen LogP contribution in [0.4, 0.5) is 0 Å². The van der Waals surface area contributed by atoms with Crippen molar-refractivity contribution in [1.29, 1.82) is 0 Å². The van der Waals surface area contributed by atoms with Crippen LogP contribution in [0.3, 0.4) is 0 Å². The van der Waals surface area contributed by atoms with Crippen LogP contribution >= 0.6 is 11.6 Å². The first-order valence-electron chi connectivity index (χ1n) is 13.4. The number of hydrogen-bond acceptors (Lipinski definition) is 4. The first-order valence-corrected chi connectivity index (χ1v) is 13.7. The van der Waals surface area contributed by atoms with Gasteiger partial charge in [-0.3, -0.25) is 9.59 Å². The van der Waals surface area contributed by atoms with Crippen LogP contribution in [0, 0.1) is 0 Å². The Bertz CT molecular complexity index is 1260. The third kappa shape index (κ3) is 8.11. The van der Waals surface area contributed by atoms with Crippen molar-refractivity contribution >= 4 is 23.4 Å². The zero-order valence-corrected chi connectivity index (χ0v) is 23.0. The van der Waals surface area contributed by atoms with Gasteiger partial charge < -0.3 is 19.7 Å². The zero-order chi connectivity index (χ0) is 27.5. The van der Waals surface area contributed by atoms with E-state index in [0.717, 1.165) is 30.4 Å². The fraction of sp³-hybridized carbons (Fsp3) is 0.312. The van der Waals surface area contributed by atoms with Gasteiger partial charge in [-0.05, 0) is 67.5 Å². The lowest BCUT2D eigenvalue weighted by molar-refractivity contribution is -0.143. The van der Waals surface area contributed by atoms with Crippen molar-refractivity contribution in [3.8, 4) is 11.5 Å². The fourth-order valence-corrected chi connectivity index (χ4v) is 4.91. The lowest BCUT2D eigenvalue weighted by Gasteiger charge is -2.31. The second kappa shape index (κ2) is 14.4. The summed E-state index contributed by atoms with van der Waals surface area (Å²) in [4.78, 5) is 29.1. The predicted molar refractivity (Wildman–Crippen MR) is 154 cm³/mol. The molecule has 3 aromatic carbocycles. The van der Waals surface area contributed by atoms with Crippen molar-refractivity contribution in [2.75, 3.05) is 20.3 Å². The first-order chi connectivity index (χ1) is 19.0. The van der Waals surface area contributed by atoms with E-state index in [4.69, 9.17) is 21.1 Å². The molecule has 0 fully saturated rings. The number of carbonyl (C=O) groups excluding carboxylic acids is 2. The summed E-state index contributed by atoms with van der Waals surface area (Å²) in [6, 6.07) is 23.0. The van der Waals surface area contributed by atoms with Gasteiger partial charge in [0.2, 0.25) is 5.91 Å². The molecule has 0 spiro atoms. The van der Waals surface area contributed by atoms with Gasteiger partial charge in [-0.2, -0.15) is 0 Å². The number of amides is 2. The molecule has 2 amide bonds. The van der Waals surface area contributed by atoms with Crippen molar-refractivity contribution < 1.29 is 19.1 Å².